The fourth-order valence-electron chi connectivity index (χ4n) is 3.14. The van der Waals surface area contributed by atoms with Gasteiger partial charge in [-0.3, -0.25) is 0 Å². The first-order valence-corrected chi connectivity index (χ1v) is 9.02. The molecule has 0 saturated carbocycles. The summed E-state index contributed by atoms with van der Waals surface area (Å²) in [6, 6.07) is 6.36. The number of ether oxygens (including phenoxy) is 1. The van der Waals surface area contributed by atoms with E-state index in [0.29, 0.717) is 0 Å². The highest BCUT2D eigenvalue weighted by atomic mass is 35.5. The van der Waals surface area contributed by atoms with Gasteiger partial charge < -0.3 is 14.9 Å². The summed E-state index contributed by atoms with van der Waals surface area (Å²) in [6.07, 6.45) is -0.450. The van der Waals surface area contributed by atoms with Crippen LogP contribution in [-0.4, -0.2) is 34.2 Å². The average Bonchev–Trinajstić information content (AvgIpc) is 2.59. The lowest BCUT2D eigenvalue weighted by molar-refractivity contribution is -0.701. The Labute approximate surface area is 167 Å². The fraction of sp³-hybridized carbons (Fsp3) is 0.300. The Kier molecular flexibility index (Phi) is 6.41. The van der Waals surface area contributed by atoms with Crippen LogP contribution in [0.15, 0.2) is 24.3 Å². The number of halogens is 1. The molecule has 148 valence electrons. The van der Waals surface area contributed by atoms with Crippen molar-refractivity contribution in [2.75, 3.05) is 0 Å². The summed E-state index contributed by atoms with van der Waals surface area (Å²) in [4.78, 5) is 37.0. The van der Waals surface area contributed by atoms with Gasteiger partial charge in [0.2, 0.25) is 0 Å². The van der Waals surface area contributed by atoms with Crippen molar-refractivity contribution in [3.63, 3.8) is 0 Å². The SMILES string of the molecule is CC[n+]1c(C)c(C(=O)OC(C)C)c(-c2ccccc2Cl)c(C(=O)O)c1C(=O)O. The van der Waals surface area contributed by atoms with Crippen LogP contribution in [0.2, 0.25) is 5.02 Å². The van der Waals surface area contributed by atoms with E-state index in [4.69, 9.17) is 16.3 Å². The number of rotatable bonds is 6. The van der Waals surface area contributed by atoms with Crippen LogP contribution in [0.5, 0.6) is 0 Å². The molecule has 1 aromatic carbocycles. The van der Waals surface area contributed by atoms with Crippen molar-refractivity contribution >= 4 is 29.5 Å². The minimum Gasteiger partial charge on any atom is -0.477 e. The largest absolute Gasteiger partial charge is 0.477 e. The summed E-state index contributed by atoms with van der Waals surface area (Å²) >= 11 is 6.28. The molecule has 0 amide bonds. The molecule has 0 aliphatic rings. The highest BCUT2D eigenvalue weighted by Crippen LogP contribution is 2.36. The first-order valence-electron chi connectivity index (χ1n) is 8.64. The van der Waals surface area contributed by atoms with E-state index in [1.54, 1.807) is 39.8 Å². The molecule has 2 aromatic rings. The van der Waals surface area contributed by atoms with Gasteiger partial charge in [-0.2, -0.15) is 4.57 Å². The molecule has 0 bridgehead atoms. The van der Waals surface area contributed by atoms with Crippen LogP contribution in [-0.2, 0) is 11.3 Å². The van der Waals surface area contributed by atoms with E-state index in [2.05, 4.69) is 0 Å². The maximum atomic E-state index is 12.9. The van der Waals surface area contributed by atoms with Gasteiger partial charge >= 0.3 is 23.6 Å². The second-order valence-electron chi connectivity index (χ2n) is 6.35. The van der Waals surface area contributed by atoms with Gasteiger partial charge in [0.05, 0.1) is 6.10 Å². The molecule has 0 aliphatic carbocycles. The first kappa shape index (κ1) is 21.4. The lowest BCUT2D eigenvalue weighted by Gasteiger charge is -2.18. The Bertz CT molecular complexity index is 968. The third-order valence-electron chi connectivity index (χ3n) is 4.20. The van der Waals surface area contributed by atoms with Crippen LogP contribution in [0, 0.1) is 6.92 Å². The zero-order chi connectivity index (χ0) is 21.2. The Morgan fingerprint density at radius 1 is 1.11 bits per heavy atom. The lowest BCUT2D eigenvalue weighted by Crippen LogP contribution is -2.46. The number of carboxylic acids is 2. The van der Waals surface area contributed by atoms with Crippen LogP contribution in [0.25, 0.3) is 11.1 Å². The number of aromatic carboxylic acids is 2. The normalized spacial score (nSPS) is 10.8. The van der Waals surface area contributed by atoms with Crippen LogP contribution in [0.3, 0.4) is 0 Å². The van der Waals surface area contributed by atoms with E-state index in [-0.39, 0.29) is 34.0 Å². The average molecular weight is 407 g/mol. The molecule has 0 saturated heterocycles. The summed E-state index contributed by atoms with van der Waals surface area (Å²) in [5, 5.41) is 19.8. The molecule has 0 aliphatic heterocycles. The summed E-state index contributed by atoms with van der Waals surface area (Å²) in [5.74, 6) is -3.64. The second kappa shape index (κ2) is 8.39. The number of carbonyl (C=O) groups excluding carboxylic acids is 1. The molecule has 1 heterocycles. The molecule has 1 aromatic heterocycles. The summed E-state index contributed by atoms with van der Waals surface area (Å²) in [5.41, 5.74) is -0.502. The Morgan fingerprint density at radius 3 is 2.18 bits per heavy atom. The van der Waals surface area contributed by atoms with E-state index in [9.17, 15) is 24.6 Å². The van der Waals surface area contributed by atoms with Gasteiger partial charge in [-0.05, 0) is 26.8 Å². The molecule has 2 N–H and O–H groups in total. The highest BCUT2D eigenvalue weighted by Gasteiger charge is 2.39. The zero-order valence-corrected chi connectivity index (χ0v) is 16.7. The van der Waals surface area contributed by atoms with E-state index >= 15 is 0 Å². The monoisotopic (exact) mass is 406 g/mol. The number of hydrogen-bond acceptors (Lipinski definition) is 4. The van der Waals surface area contributed by atoms with Crippen molar-refractivity contribution < 1.29 is 33.9 Å². The number of hydrogen-bond donors (Lipinski definition) is 2. The molecule has 0 radical (unpaired) electrons. The minimum atomic E-state index is -1.48. The van der Waals surface area contributed by atoms with Crippen molar-refractivity contribution in [2.45, 2.75) is 40.3 Å². The number of nitrogens with zero attached hydrogens (tertiary/aromatic N) is 1. The van der Waals surface area contributed by atoms with Crippen molar-refractivity contribution in [1.29, 1.82) is 0 Å². The molecule has 0 atom stereocenters. The van der Waals surface area contributed by atoms with Gasteiger partial charge in [-0.15, -0.1) is 0 Å². The second-order valence-corrected chi connectivity index (χ2v) is 6.75. The van der Waals surface area contributed by atoms with Crippen molar-refractivity contribution in [3.05, 3.63) is 51.8 Å². The quantitative estimate of drug-likeness (QED) is 0.561. The molecule has 2 rings (SSSR count). The Hall–Kier alpha value is -2.93. The number of aromatic nitrogens is 1. The molecule has 0 spiro atoms. The maximum Gasteiger partial charge on any atom is 0.402 e. The molecular weight excluding hydrogens is 386 g/mol. The number of carbonyl (C=O) groups is 3. The molecule has 8 heteroatoms. The predicted octanol–water partition coefficient (Wildman–Crippen LogP) is 3.58. The van der Waals surface area contributed by atoms with Crippen LogP contribution < -0.4 is 4.57 Å². The number of benzene rings is 1. The van der Waals surface area contributed by atoms with Crippen molar-refractivity contribution in [1.82, 2.24) is 0 Å². The smallest absolute Gasteiger partial charge is 0.402 e. The van der Waals surface area contributed by atoms with Gasteiger partial charge in [-0.25, -0.2) is 14.4 Å². The lowest BCUT2D eigenvalue weighted by atomic mass is 9.91. The molecule has 0 unspecified atom stereocenters. The standard InChI is InChI=1S/C20H20ClNO6/c1-5-22-11(4)14(20(27)28-10(2)3)15(12-8-6-7-9-13(12)21)16(18(23)24)17(22)19(25)26/h6-10H,5H2,1-4H3,(H-,23,24,25,26)/p+1. The molecule has 28 heavy (non-hydrogen) atoms. The van der Waals surface area contributed by atoms with Gasteiger partial charge in [0.1, 0.15) is 17.7 Å². The van der Waals surface area contributed by atoms with E-state index in [0.717, 1.165) is 0 Å². The van der Waals surface area contributed by atoms with E-state index in [1.807, 2.05) is 0 Å². The number of carboxylic acid groups (broad SMARTS) is 2. The van der Waals surface area contributed by atoms with Crippen molar-refractivity contribution in [3.8, 4) is 11.1 Å². The van der Waals surface area contributed by atoms with Gasteiger partial charge in [0.15, 0.2) is 5.69 Å². The third kappa shape index (κ3) is 3.84. The summed E-state index contributed by atoms with van der Waals surface area (Å²) in [6.45, 7) is 6.70. The molecular formula is C20H21ClNO6+. The van der Waals surface area contributed by atoms with Crippen LogP contribution in [0.4, 0.5) is 0 Å². The van der Waals surface area contributed by atoms with Crippen LogP contribution >= 0.6 is 11.6 Å². The fourth-order valence-corrected chi connectivity index (χ4v) is 3.37. The molecule has 7 nitrogen and oxygen atoms in total. The number of pyridine rings is 1. The Morgan fingerprint density at radius 2 is 1.71 bits per heavy atom. The van der Waals surface area contributed by atoms with E-state index in [1.165, 1.54) is 16.7 Å². The topological polar surface area (TPSA) is 105 Å². The molecule has 0 fully saturated rings. The number of esters is 1. The zero-order valence-electron chi connectivity index (χ0n) is 15.9. The summed E-state index contributed by atoms with van der Waals surface area (Å²) in [7, 11) is 0. The summed E-state index contributed by atoms with van der Waals surface area (Å²) < 4.78 is 6.60. The van der Waals surface area contributed by atoms with E-state index < -0.39 is 35.3 Å². The van der Waals surface area contributed by atoms with Gasteiger partial charge in [0, 0.05) is 23.1 Å². The highest BCUT2D eigenvalue weighted by molar-refractivity contribution is 6.34. The van der Waals surface area contributed by atoms with Gasteiger partial charge in [-0.1, -0.05) is 29.8 Å². The maximum absolute atomic E-state index is 12.9. The van der Waals surface area contributed by atoms with Gasteiger partial charge in [0.25, 0.3) is 0 Å². The predicted molar refractivity (Wildman–Crippen MR) is 102 cm³/mol. The first-order chi connectivity index (χ1) is 13.1. The van der Waals surface area contributed by atoms with Crippen LogP contribution in [0.1, 0.15) is 57.7 Å². The van der Waals surface area contributed by atoms with Crippen molar-refractivity contribution in [2.24, 2.45) is 0 Å². The minimum absolute atomic E-state index is 0.0222. The Balaban J connectivity index is 3.12. The third-order valence-corrected chi connectivity index (χ3v) is 4.53.